The van der Waals surface area contributed by atoms with Crippen LogP contribution in [0, 0.1) is 5.82 Å². The predicted octanol–water partition coefficient (Wildman–Crippen LogP) is 1.60. The Kier molecular flexibility index (Phi) is 6.84. The van der Waals surface area contributed by atoms with Gasteiger partial charge >= 0.3 is 0 Å². The molecular formula is C18H22FN3O3S. The number of carbonyl (C=O) groups is 1. The number of nitrogens with zero attached hydrogens (tertiary/aromatic N) is 1. The Bertz CT molecular complexity index is 835. The SMILES string of the molecule is CN(C)CCNC(=O)c1ccc(S(=O)(=O)NCc2ccc(F)cc2)cc1. The number of amides is 1. The minimum atomic E-state index is -3.72. The Hall–Kier alpha value is -2.29. The van der Waals surface area contributed by atoms with Crippen molar-refractivity contribution in [2.75, 3.05) is 27.2 Å². The Morgan fingerprint density at radius 2 is 1.65 bits per heavy atom. The van der Waals surface area contributed by atoms with Crippen LogP contribution in [0.1, 0.15) is 15.9 Å². The lowest BCUT2D eigenvalue weighted by atomic mass is 10.2. The van der Waals surface area contributed by atoms with Crippen molar-refractivity contribution in [3.63, 3.8) is 0 Å². The van der Waals surface area contributed by atoms with Crippen molar-refractivity contribution in [3.8, 4) is 0 Å². The second-order valence-electron chi connectivity index (χ2n) is 6.03. The molecular weight excluding hydrogens is 357 g/mol. The van der Waals surface area contributed by atoms with Gasteiger partial charge in [-0.1, -0.05) is 12.1 Å². The third kappa shape index (κ3) is 5.91. The smallest absolute Gasteiger partial charge is 0.251 e. The highest BCUT2D eigenvalue weighted by molar-refractivity contribution is 7.89. The van der Waals surface area contributed by atoms with E-state index < -0.39 is 10.0 Å². The van der Waals surface area contributed by atoms with Gasteiger partial charge in [0.2, 0.25) is 10.0 Å². The summed E-state index contributed by atoms with van der Waals surface area (Å²) < 4.78 is 39.9. The monoisotopic (exact) mass is 379 g/mol. The molecule has 0 saturated heterocycles. The van der Waals surface area contributed by atoms with Gasteiger partial charge in [-0.3, -0.25) is 4.79 Å². The second kappa shape index (κ2) is 8.88. The van der Waals surface area contributed by atoms with E-state index in [0.717, 1.165) is 0 Å². The number of hydrogen-bond acceptors (Lipinski definition) is 4. The molecule has 0 heterocycles. The highest BCUT2D eigenvalue weighted by Gasteiger charge is 2.15. The van der Waals surface area contributed by atoms with Gasteiger partial charge in [0.25, 0.3) is 5.91 Å². The van der Waals surface area contributed by atoms with Gasteiger partial charge in [0.1, 0.15) is 5.82 Å². The number of likely N-dealkylation sites (N-methyl/N-ethyl adjacent to an activating group) is 1. The maximum absolute atomic E-state index is 12.9. The third-order valence-electron chi connectivity index (χ3n) is 3.65. The number of sulfonamides is 1. The standard InChI is InChI=1S/C18H22FN3O3S/c1-22(2)12-11-20-18(23)15-5-9-17(10-6-15)26(24,25)21-13-14-3-7-16(19)8-4-14/h3-10,21H,11-13H2,1-2H3,(H,20,23). The average Bonchev–Trinajstić information content (AvgIpc) is 2.61. The van der Waals surface area contributed by atoms with Gasteiger partial charge in [0.15, 0.2) is 0 Å². The summed E-state index contributed by atoms with van der Waals surface area (Å²) in [6, 6.07) is 11.3. The molecule has 0 saturated carbocycles. The zero-order chi connectivity index (χ0) is 19.2. The van der Waals surface area contributed by atoms with E-state index in [-0.39, 0.29) is 23.2 Å². The number of carbonyl (C=O) groups excluding carboxylic acids is 1. The van der Waals surface area contributed by atoms with Crippen molar-refractivity contribution in [1.29, 1.82) is 0 Å². The van der Waals surface area contributed by atoms with Crippen LogP contribution in [-0.4, -0.2) is 46.4 Å². The van der Waals surface area contributed by atoms with E-state index in [4.69, 9.17) is 0 Å². The lowest BCUT2D eigenvalue weighted by Crippen LogP contribution is -2.31. The molecule has 0 aliphatic rings. The fourth-order valence-corrected chi connectivity index (χ4v) is 3.16. The van der Waals surface area contributed by atoms with Gasteiger partial charge in [-0.05, 0) is 56.1 Å². The molecule has 1 amide bonds. The molecule has 0 fully saturated rings. The molecule has 8 heteroatoms. The number of benzene rings is 2. The number of halogens is 1. The van der Waals surface area contributed by atoms with Gasteiger partial charge in [-0.15, -0.1) is 0 Å². The number of rotatable bonds is 8. The van der Waals surface area contributed by atoms with E-state index in [1.54, 1.807) is 0 Å². The van der Waals surface area contributed by atoms with Gasteiger partial charge in [0, 0.05) is 25.2 Å². The largest absolute Gasteiger partial charge is 0.351 e. The van der Waals surface area contributed by atoms with Gasteiger partial charge in [0.05, 0.1) is 4.90 Å². The summed E-state index contributed by atoms with van der Waals surface area (Å²) in [7, 11) is 0.0936. The molecule has 0 aliphatic heterocycles. The van der Waals surface area contributed by atoms with Crippen LogP contribution in [0.5, 0.6) is 0 Å². The second-order valence-corrected chi connectivity index (χ2v) is 7.80. The fraction of sp³-hybridized carbons (Fsp3) is 0.278. The Morgan fingerprint density at radius 3 is 2.23 bits per heavy atom. The summed E-state index contributed by atoms with van der Waals surface area (Å²) in [6.07, 6.45) is 0. The van der Waals surface area contributed by atoms with E-state index >= 15 is 0 Å². The number of hydrogen-bond donors (Lipinski definition) is 2. The normalized spacial score (nSPS) is 11.5. The topological polar surface area (TPSA) is 78.5 Å². The van der Waals surface area contributed by atoms with Crippen LogP contribution in [-0.2, 0) is 16.6 Å². The lowest BCUT2D eigenvalue weighted by molar-refractivity contribution is 0.0951. The first-order valence-corrected chi connectivity index (χ1v) is 9.53. The third-order valence-corrected chi connectivity index (χ3v) is 5.07. The van der Waals surface area contributed by atoms with Crippen LogP contribution >= 0.6 is 0 Å². The highest BCUT2D eigenvalue weighted by atomic mass is 32.2. The van der Waals surface area contributed by atoms with Crippen LogP contribution in [0.25, 0.3) is 0 Å². The summed E-state index contributed by atoms with van der Waals surface area (Å²) >= 11 is 0. The van der Waals surface area contributed by atoms with Gasteiger partial charge in [-0.25, -0.2) is 17.5 Å². The van der Waals surface area contributed by atoms with Crippen LogP contribution in [0.2, 0.25) is 0 Å². The first kappa shape index (κ1) is 20.0. The molecule has 2 N–H and O–H groups in total. The fourth-order valence-electron chi connectivity index (χ4n) is 2.14. The number of nitrogens with one attached hydrogen (secondary N) is 2. The molecule has 0 bridgehead atoms. The predicted molar refractivity (Wildman–Crippen MR) is 97.8 cm³/mol. The zero-order valence-electron chi connectivity index (χ0n) is 14.7. The molecule has 6 nitrogen and oxygen atoms in total. The first-order chi connectivity index (χ1) is 12.3. The molecule has 26 heavy (non-hydrogen) atoms. The summed E-state index contributed by atoms with van der Waals surface area (Å²) in [5, 5.41) is 2.76. The van der Waals surface area contributed by atoms with Crippen LogP contribution < -0.4 is 10.0 Å². The van der Waals surface area contributed by atoms with Crippen molar-refractivity contribution in [2.45, 2.75) is 11.4 Å². The maximum Gasteiger partial charge on any atom is 0.251 e. The van der Waals surface area contributed by atoms with Crippen molar-refractivity contribution < 1.29 is 17.6 Å². The average molecular weight is 379 g/mol. The summed E-state index contributed by atoms with van der Waals surface area (Å²) in [5.74, 6) is -0.633. The minimum absolute atomic E-state index is 0.0510. The molecule has 0 spiro atoms. The maximum atomic E-state index is 12.9. The van der Waals surface area contributed by atoms with E-state index in [9.17, 15) is 17.6 Å². The summed E-state index contributed by atoms with van der Waals surface area (Å²) in [5.41, 5.74) is 1.04. The molecule has 0 aliphatic carbocycles. The molecule has 0 aromatic heterocycles. The van der Waals surface area contributed by atoms with Crippen molar-refractivity contribution >= 4 is 15.9 Å². The van der Waals surface area contributed by atoms with E-state index in [2.05, 4.69) is 10.0 Å². The Morgan fingerprint density at radius 1 is 1.04 bits per heavy atom. The van der Waals surface area contributed by atoms with Crippen molar-refractivity contribution in [1.82, 2.24) is 14.9 Å². The molecule has 140 valence electrons. The quantitative estimate of drug-likeness (QED) is 0.730. The van der Waals surface area contributed by atoms with E-state index in [0.29, 0.717) is 24.2 Å². The summed E-state index contributed by atoms with van der Waals surface area (Å²) in [4.78, 5) is 14.0. The van der Waals surface area contributed by atoms with E-state index in [1.165, 1.54) is 48.5 Å². The lowest BCUT2D eigenvalue weighted by Gasteiger charge is -2.11. The van der Waals surface area contributed by atoms with Crippen molar-refractivity contribution in [3.05, 3.63) is 65.5 Å². The summed E-state index contributed by atoms with van der Waals surface area (Å²) in [6.45, 7) is 1.27. The molecule has 0 atom stereocenters. The minimum Gasteiger partial charge on any atom is -0.351 e. The van der Waals surface area contributed by atoms with E-state index in [1.807, 2.05) is 19.0 Å². The zero-order valence-corrected chi connectivity index (χ0v) is 15.5. The Labute approximate surface area is 153 Å². The first-order valence-electron chi connectivity index (χ1n) is 8.05. The highest BCUT2D eigenvalue weighted by Crippen LogP contribution is 2.12. The molecule has 2 aromatic rings. The van der Waals surface area contributed by atoms with Gasteiger partial charge in [-0.2, -0.15) is 0 Å². The van der Waals surface area contributed by atoms with Crippen LogP contribution in [0.15, 0.2) is 53.4 Å². The molecule has 0 radical (unpaired) electrons. The molecule has 2 aromatic carbocycles. The van der Waals surface area contributed by atoms with Crippen molar-refractivity contribution in [2.24, 2.45) is 0 Å². The van der Waals surface area contributed by atoms with Crippen LogP contribution in [0.3, 0.4) is 0 Å². The van der Waals surface area contributed by atoms with Crippen LogP contribution in [0.4, 0.5) is 4.39 Å². The molecule has 0 unspecified atom stereocenters. The Balaban J connectivity index is 1.97. The van der Waals surface area contributed by atoms with Gasteiger partial charge < -0.3 is 10.2 Å². The molecule has 2 rings (SSSR count).